The van der Waals surface area contributed by atoms with Gasteiger partial charge in [-0.1, -0.05) is 27.7 Å². The van der Waals surface area contributed by atoms with Crippen LogP contribution in [0, 0.1) is 11.8 Å². The normalized spacial score (nSPS) is 26.6. The predicted molar refractivity (Wildman–Crippen MR) is 67.3 cm³/mol. The highest BCUT2D eigenvalue weighted by Crippen LogP contribution is 2.15. The van der Waals surface area contributed by atoms with Crippen molar-refractivity contribution >= 4 is 5.91 Å². The molecule has 0 aromatic rings. The van der Waals surface area contributed by atoms with Gasteiger partial charge in [0.25, 0.3) is 0 Å². The number of piperazine rings is 1. The summed E-state index contributed by atoms with van der Waals surface area (Å²) in [4.78, 5) is 14.1. The second-order valence-electron chi connectivity index (χ2n) is 5.75. The molecule has 94 valence electrons. The fourth-order valence-electron chi connectivity index (χ4n) is 2.15. The number of carbonyl (C=O) groups is 1. The molecule has 1 fully saturated rings. The van der Waals surface area contributed by atoms with Gasteiger partial charge in [-0.15, -0.1) is 0 Å². The number of carbonyl (C=O) groups excluding carboxylic acids is 1. The molecular formula is C13H26N2O. The van der Waals surface area contributed by atoms with E-state index in [1.54, 1.807) is 0 Å². The van der Waals surface area contributed by atoms with Crippen LogP contribution >= 0.6 is 0 Å². The van der Waals surface area contributed by atoms with Gasteiger partial charge in [0.1, 0.15) is 0 Å². The van der Waals surface area contributed by atoms with Crippen LogP contribution in [0.3, 0.4) is 0 Å². The number of hydrogen-bond acceptors (Lipinski definition) is 2. The lowest BCUT2D eigenvalue weighted by Crippen LogP contribution is -2.58. The molecule has 0 aromatic carbocycles. The molecule has 3 heteroatoms. The summed E-state index contributed by atoms with van der Waals surface area (Å²) in [5.74, 6) is 1.35. The smallest absolute Gasteiger partial charge is 0.223 e. The van der Waals surface area contributed by atoms with E-state index in [4.69, 9.17) is 0 Å². The maximum atomic E-state index is 12.1. The van der Waals surface area contributed by atoms with E-state index in [1.165, 1.54) is 0 Å². The molecule has 0 saturated carbocycles. The largest absolute Gasteiger partial charge is 0.337 e. The van der Waals surface area contributed by atoms with Gasteiger partial charge in [0.05, 0.1) is 0 Å². The van der Waals surface area contributed by atoms with Gasteiger partial charge in [-0.2, -0.15) is 0 Å². The van der Waals surface area contributed by atoms with Crippen molar-refractivity contribution in [2.45, 2.75) is 53.1 Å². The van der Waals surface area contributed by atoms with Crippen LogP contribution in [0.1, 0.15) is 41.0 Å². The van der Waals surface area contributed by atoms with Gasteiger partial charge in [0.2, 0.25) is 5.91 Å². The van der Waals surface area contributed by atoms with Gasteiger partial charge in [-0.3, -0.25) is 4.79 Å². The predicted octanol–water partition coefficient (Wildman–Crippen LogP) is 1.88. The van der Waals surface area contributed by atoms with Crippen molar-refractivity contribution in [1.29, 1.82) is 0 Å². The van der Waals surface area contributed by atoms with E-state index in [0.29, 0.717) is 36.2 Å². The van der Waals surface area contributed by atoms with Crippen molar-refractivity contribution < 1.29 is 4.79 Å². The third-order valence-corrected chi connectivity index (χ3v) is 3.31. The number of nitrogens with zero attached hydrogens (tertiary/aromatic N) is 1. The van der Waals surface area contributed by atoms with Gasteiger partial charge in [-0.25, -0.2) is 0 Å². The van der Waals surface area contributed by atoms with E-state index in [9.17, 15) is 4.79 Å². The molecule has 1 aliphatic heterocycles. The lowest BCUT2D eigenvalue weighted by molar-refractivity contribution is -0.135. The Morgan fingerprint density at radius 3 is 2.50 bits per heavy atom. The molecule has 2 atom stereocenters. The summed E-state index contributed by atoms with van der Waals surface area (Å²) >= 11 is 0. The first-order valence-electron chi connectivity index (χ1n) is 6.44. The summed E-state index contributed by atoms with van der Waals surface area (Å²) < 4.78 is 0. The second kappa shape index (κ2) is 5.67. The van der Waals surface area contributed by atoms with E-state index in [-0.39, 0.29) is 0 Å². The summed E-state index contributed by atoms with van der Waals surface area (Å²) in [5, 5.41) is 3.51. The van der Waals surface area contributed by atoms with E-state index in [2.05, 4.69) is 44.8 Å². The standard InChI is InChI=1S/C13H26N2O/c1-9(2)6-13(16)15-8-12(10(3)4)14-7-11(15)5/h9-12,14H,6-8H2,1-5H3. The fourth-order valence-corrected chi connectivity index (χ4v) is 2.15. The molecule has 0 radical (unpaired) electrons. The van der Waals surface area contributed by atoms with E-state index in [0.717, 1.165) is 13.1 Å². The van der Waals surface area contributed by atoms with E-state index < -0.39 is 0 Å². The van der Waals surface area contributed by atoms with Crippen LogP contribution in [0.4, 0.5) is 0 Å². The molecule has 1 heterocycles. The van der Waals surface area contributed by atoms with Crippen LogP contribution in [0.15, 0.2) is 0 Å². The lowest BCUT2D eigenvalue weighted by Gasteiger charge is -2.40. The molecule has 0 aromatic heterocycles. The molecule has 0 spiro atoms. The monoisotopic (exact) mass is 226 g/mol. The molecule has 1 saturated heterocycles. The lowest BCUT2D eigenvalue weighted by atomic mass is 9.99. The second-order valence-corrected chi connectivity index (χ2v) is 5.75. The molecule has 1 amide bonds. The average Bonchev–Trinajstić information content (AvgIpc) is 2.16. The minimum atomic E-state index is 0.314. The highest BCUT2D eigenvalue weighted by atomic mass is 16.2. The Kier molecular flexibility index (Phi) is 4.78. The zero-order valence-corrected chi connectivity index (χ0v) is 11.3. The van der Waals surface area contributed by atoms with Crippen LogP contribution in [-0.4, -0.2) is 36.0 Å². The van der Waals surface area contributed by atoms with Crippen molar-refractivity contribution in [3.8, 4) is 0 Å². The first-order chi connectivity index (χ1) is 7.41. The number of amides is 1. The van der Waals surface area contributed by atoms with Crippen molar-refractivity contribution in [3.63, 3.8) is 0 Å². The molecule has 3 nitrogen and oxygen atoms in total. The number of rotatable bonds is 3. The number of hydrogen-bond donors (Lipinski definition) is 1. The van der Waals surface area contributed by atoms with E-state index >= 15 is 0 Å². The Morgan fingerprint density at radius 1 is 1.38 bits per heavy atom. The summed E-state index contributed by atoms with van der Waals surface area (Å²) in [7, 11) is 0. The quantitative estimate of drug-likeness (QED) is 0.797. The molecule has 2 unspecified atom stereocenters. The molecule has 1 rings (SSSR count). The van der Waals surface area contributed by atoms with Gasteiger partial charge in [0.15, 0.2) is 0 Å². The Morgan fingerprint density at radius 2 is 2.00 bits per heavy atom. The summed E-state index contributed by atoms with van der Waals surface area (Å²) in [6, 6.07) is 0.786. The van der Waals surface area contributed by atoms with Crippen molar-refractivity contribution in [1.82, 2.24) is 10.2 Å². The maximum absolute atomic E-state index is 12.1. The third-order valence-electron chi connectivity index (χ3n) is 3.31. The van der Waals surface area contributed by atoms with Gasteiger partial charge >= 0.3 is 0 Å². The first-order valence-corrected chi connectivity index (χ1v) is 6.44. The molecule has 1 N–H and O–H groups in total. The van der Waals surface area contributed by atoms with Crippen LogP contribution in [0.5, 0.6) is 0 Å². The molecule has 0 aliphatic carbocycles. The Bertz CT molecular complexity index is 238. The van der Waals surface area contributed by atoms with Crippen molar-refractivity contribution in [2.24, 2.45) is 11.8 Å². The van der Waals surface area contributed by atoms with Gasteiger partial charge in [0, 0.05) is 31.6 Å². The molecule has 0 bridgehead atoms. The Hall–Kier alpha value is -0.570. The minimum Gasteiger partial charge on any atom is -0.337 e. The van der Waals surface area contributed by atoms with Crippen LogP contribution in [0.25, 0.3) is 0 Å². The average molecular weight is 226 g/mol. The van der Waals surface area contributed by atoms with Crippen LogP contribution in [0.2, 0.25) is 0 Å². The zero-order chi connectivity index (χ0) is 12.3. The van der Waals surface area contributed by atoms with Crippen LogP contribution < -0.4 is 5.32 Å². The fraction of sp³-hybridized carbons (Fsp3) is 0.923. The van der Waals surface area contributed by atoms with E-state index in [1.807, 2.05) is 0 Å². The summed E-state index contributed by atoms with van der Waals surface area (Å²) in [5.41, 5.74) is 0. The minimum absolute atomic E-state index is 0.314. The van der Waals surface area contributed by atoms with Crippen molar-refractivity contribution in [2.75, 3.05) is 13.1 Å². The third kappa shape index (κ3) is 3.48. The molecule has 16 heavy (non-hydrogen) atoms. The molecular weight excluding hydrogens is 200 g/mol. The molecule has 1 aliphatic rings. The Labute approximate surface area is 99.6 Å². The topological polar surface area (TPSA) is 32.3 Å². The number of nitrogens with one attached hydrogen (secondary N) is 1. The SMILES string of the molecule is CC(C)CC(=O)N1CC(C(C)C)NCC1C. The highest BCUT2D eigenvalue weighted by Gasteiger charge is 2.29. The van der Waals surface area contributed by atoms with Crippen molar-refractivity contribution in [3.05, 3.63) is 0 Å². The van der Waals surface area contributed by atoms with Gasteiger partial charge in [-0.05, 0) is 18.8 Å². The summed E-state index contributed by atoms with van der Waals surface area (Å²) in [6.07, 6.45) is 0.676. The summed E-state index contributed by atoms with van der Waals surface area (Å²) in [6.45, 7) is 12.5. The zero-order valence-electron chi connectivity index (χ0n) is 11.3. The Balaban J connectivity index is 2.58. The highest BCUT2D eigenvalue weighted by molar-refractivity contribution is 5.76. The maximum Gasteiger partial charge on any atom is 0.223 e. The van der Waals surface area contributed by atoms with Gasteiger partial charge < -0.3 is 10.2 Å². The first kappa shape index (κ1) is 13.5. The van der Waals surface area contributed by atoms with Crippen LogP contribution in [-0.2, 0) is 4.79 Å².